The van der Waals surface area contributed by atoms with Crippen LogP contribution in [0.3, 0.4) is 0 Å². The first kappa shape index (κ1) is 21.8. The summed E-state index contributed by atoms with van der Waals surface area (Å²) < 4.78 is 0. The van der Waals surface area contributed by atoms with Gasteiger partial charge in [0.2, 0.25) is 11.8 Å². The van der Waals surface area contributed by atoms with Crippen LogP contribution in [-0.4, -0.2) is 70.1 Å². The Morgan fingerprint density at radius 3 is 2.24 bits per heavy atom. The highest BCUT2D eigenvalue weighted by Crippen LogP contribution is 2.24. The molecule has 6 N–H and O–H groups in total. The van der Waals surface area contributed by atoms with E-state index >= 15 is 0 Å². The van der Waals surface area contributed by atoms with Crippen molar-refractivity contribution in [3.8, 4) is 0 Å². The number of amides is 2. The lowest BCUT2D eigenvalue weighted by atomic mass is 9.72. The lowest BCUT2D eigenvalue weighted by molar-refractivity contribution is -0.129. The fraction of sp³-hybridized carbons (Fsp3) is 0.800. The van der Waals surface area contributed by atoms with Crippen molar-refractivity contribution >= 4 is 36.1 Å². The Morgan fingerprint density at radius 1 is 1.20 bits per heavy atom. The Hall–Kier alpha value is -1.23. The van der Waals surface area contributed by atoms with Crippen LogP contribution in [0.5, 0.6) is 0 Å². The van der Waals surface area contributed by atoms with Crippen molar-refractivity contribution in [3.63, 3.8) is 0 Å². The number of nitrogens with two attached hydrogens (primary N) is 1. The smallest absolute Gasteiger partial charge is 0.427 e. The summed E-state index contributed by atoms with van der Waals surface area (Å²) in [6.07, 6.45) is 0.636. The van der Waals surface area contributed by atoms with Gasteiger partial charge in [-0.2, -0.15) is 0 Å². The number of carbonyl (C=O) groups is 2. The Bertz CT molecular complexity index is 504. The average molecular weight is 372 g/mol. The SMILES string of the molecule is CC(C)[C@H](NC(=O)[C@H](C)NC(=O)[C@@H](C)N)C(=S)N1CC[C@@H](B(O)O)C1. The Labute approximate surface area is 154 Å². The van der Waals surface area contributed by atoms with Crippen LogP contribution in [0.25, 0.3) is 0 Å². The van der Waals surface area contributed by atoms with E-state index in [0.29, 0.717) is 24.5 Å². The Balaban J connectivity index is 2.69. The zero-order valence-electron chi connectivity index (χ0n) is 15.2. The predicted molar refractivity (Wildman–Crippen MR) is 101 cm³/mol. The summed E-state index contributed by atoms with van der Waals surface area (Å²) in [6, 6.07) is -1.80. The summed E-state index contributed by atoms with van der Waals surface area (Å²) in [5, 5.41) is 24.1. The Kier molecular flexibility index (Phi) is 8.26. The molecule has 0 radical (unpaired) electrons. The van der Waals surface area contributed by atoms with E-state index in [1.165, 1.54) is 0 Å². The Morgan fingerprint density at radius 2 is 1.80 bits per heavy atom. The molecule has 1 saturated heterocycles. The molecule has 25 heavy (non-hydrogen) atoms. The molecule has 0 aromatic heterocycles. The second-order valence-electron chi connectivity index (χ2n) is 7.00. The van der Waals surface area contributed by atoms with E-state index < -0.39 is 25.1 Å². The molecular formula is C15H29BN4O4S. The first-order chi connectivity index (χ1) is 11.5. The summed E-state index contributed by atoms with van der Waals surface area (Å²) in [4.78, 5) is 26.5. The van der Waals surface area contributed by atoms with Gasteiger partial charge in [0.15, 0.2) is 0 Å². The molecule has 1 fully saturated rings. The number of hydrogen-bond donors (Lipinski definition) is 5. The van der Waals surface area contributed by atoms with Crippen LogP contribution in [0.4, 0.5) is 0 Å². The van der Waals surface area contributed by atoms with Crippen LogP contribution in [0.2, 0.25) is 5.82 Å². The second-order valence-corrected chi connectivity index (χ2v) is 7.41. The number of likely N-dealkylation sites (tertiary alicyclic amines) is 1. The maximum atomic E-state index is 12.4. The van der Waals surface area contributed by atoms with Crippen molar-refractivity contribution in [3.05, 3.63) is 0 Å². The summed E-state index contributed by atoms with van der Waals surface area (Å²) >= 11 is 5.53. The van der Waals surface area contributed by atoms with Gasteiger partial charge >= 0.3 is 7.12 Å². The van der Waals surface area contributed by atoms with Gasteiger partial charge in [0, 0.05) is 18.9 Å². The molecule has 1 aliphatic rings. The number of rotatable bonds is 7. The zero-order chi connectivity index (χ0) is 19.3. The van der Waals surface area contributed by atoms with Crippen molar-refractivity contribution in [1.82, 2.24) is 15.5 Å². The van der Waals surface area contributed by atoms with Crippen LogP contribution in [0.15, 0.2) is 0 Å². The highest BCUT2D eigenvalue weighted by Gasteiger charge is 2.35. The summed E-state index contributed by atoms with van der Waals surface area (Å²) in [6.45, 7) is 8.09. The van der Waals surface area contributed by atoms with Gasteiger partial charge in [-0.05, 0) is 26.2 Å². The van der Waals surface area contributed by atoms with Crippen molar-refractivity contribution in [2.24, 2.45) is 11.7 Å². The molecule has 0 bridgehead atoms. The van der Waals surface area contributed by atoms with Crippen molar-refractivity contribution in [2.75, 3.05) is 13.1 Å². The van der Waals surface area contributed by atoms with E-state index in [0.717, 1.165) is 0 Å². The third-order valence-corrected chi connectivity index (χ3v) is 4.87. The molecule has 1 heterocycles. The normalized spacial score (nSPS) is 20.8. The highest BCUT2D eigenvalue weighted by molar-refractivity contribution is 7.80. The van der Waals surface area contributed by atoms with Gasteiger partial charge in [-0.3, -0.25) is 9.59 Å². The summed E-state index contributed by atoms with van der Waals surface area (Å²) in [5.74, 6) is -0.935. The molecule has 0 aromatic rings. The molecule has 1 rings (SSSR count). The molecule has 0 saturated carbocycles. The largest absolute Gasteiger partial charge is 0.456 e. The average Bonchev–Trinajstić information content (AvgIpc) is 3.01. The van der Waals surface area contributed by atoms with Gasteiger partial charge in [-0.1, -0.05) is 26.1 Å². The van der Waals surface area contributed by atoms with Crippen LogP contribution >= 0.6 is 12.2 Å². The van der Waals surface area contributed by atoms with Gasteiger partial charge in [0.1, 0.15) is 11.0 Å². The van der Waals surface area contributed by atoms with Crippen molar-refractivity contribution < 1.29 is 19.6 Å². The number of nitrogens with one attached hydrogen (secondary N) is 2. The van der Waals surface area contributed by atoms with E-state index in [-0.39, 0.29) is 23.7 Å². The topological polar surface area (TPSA) is 128 Å². The molecule has 2 amide bonds. The van der Waals surface area contributed by atoms with Crippen LogP contribution < -0.4 is 16.4 Å². The summed E-state index contributed by atoms with van der Waals surface area (Å²) in [5.41, 5.74) is 5.49. The lowest BCUT2D eigenvalue weighted by Gasteiger charge is -2.31. The van der Waals surface area contributed by atoms with E-state index in [4.69, 9.17) is 18.0 Å². The van der Waals surface area contributed by atoms with E-state index in [1.54, 1.807) is 13.8 Å². The molecule has 0 spiro atoms. The maximum Gasteiger partial charge on any atom is 0.456 e. The predicted octanol–water partition coefficient (Wildman–Crippen LogP) is -1.14. The lowest BCUT2D eigenvalue weighted by Crippen LogP contribution is -2.55. The number of hydrogen-bond acceptors (Lipinski definition) is 6. The molecule has 10 heteroatoms. The minimum Gasteiger partial charge on any atom is -0.427 e. The van der Waals surface area contributed by atoms with Crippen molar-refractivity contribution in [1.29, 1.82) is 0 Å². The third kappa shape index (κ3) is 6.21. The standard InChI is InChI=1S/C15H29BN4O4S/c1-8(2)12(15(25)20-6-5-11(7-20)16(23)24)19-14(22)10(4)18-13(21)9(3)17/h8-12,23-24H,5-7,17H2,1-4H3,(H,18,21)(H,19,22)/t9-,10+,11-,12+/m1/s1. The van der Waals surface area contributed by atoms with Gasteiger partial charge < -0.3 is 31.3 Å². The van der Waals surface area contributed by atoms with Gasteiger partial charge in [0.25, 0.3) is 0 Å². The monoisotopic (exact) mass is 372 g/mol. The van der Waals surface area contributed by atoms with E-state index in [9.17, 15) is 19.6 Å². The van der Waals surface area contributed by atoms with Crippen LogP contribution in [-0.2, 0) is 9.59 Å². The molecule has 0 aromatic carbocycles. The molecule has 142 valence electrons. The first-order valence-electron chi connectivity index (χ1n) is 8.55. The first-order valence-corrected chi connectivity index (χ1v) is 8.96. The summed E-state index contributed by atoms with van der Waals surface area (Å²) in [7, 11) is -1.37. The van der Waals surface area contributed by atoms with Gasteiger partial charge in [-0.25, -0.2) is 0 Å². The second kappa shape index (κ2) is 9.47. The zero-order valence-corrected chi connectivity index (χ0v) is 16.0. The van der Waals surface area contributed by atoms with Crippen molar-refractivity contribution in [2.45, 2.75) is 58.1 Å². The highest BCUT2D eigenvalue weighted by atomic mass is 32.1. The van der Waals surface area contributed by atoms with E-state index in [1.807, 2.05) is 18.7 Å². The molecule has 4 atom stereocenters. The fourth-order valence-corrected chi connectivity index (χ4v) is 3.13. The van der Waals surface area contributed by atoms with Gasteiger partial charge in [-0.15, -0.1) is 0 Å². The quantitative estimate of drug-likeness (QED) is 0.282. The molecule has 0 unspecified atom stereocenters. The minimum absolute atomic E-state index is 0.0471. The third-order valence-electron chi connectivity index (χ3n) is 4.35. The molecule has 0 aliphatic carbocycles. The fourth-order valence-electron chi connectivity index (χ4n) is 2.63. The number of thiocarbonyl (C=S) groups is 1. The molecular weight excluding hydrogens is 343 g/mol. The maximum absolute atomic E-state index is 12.4. The van der Waals surface area contributed by atoms with Crippen LogP contribution in [0, 0.1) is 5.92 Å². The molecule has 1 aliphatic heterocycles. The van der Waals surface area contributed by atoms with E-state index in [2.05, 4.69) is 10.6 Å². The molecule has 8 nitrogen and oxygen atoms in total. The van der Waals surface area contributed by atoms with Gasteiger partial charge in [0.05, 0.1) is 12.1 Å². The number of carbonyl (C=O) groups excluding carboxylic acids is 2. The van der Waals surface area contributed by atoms with Crippen LogP contribution in [0.1, 0.15) is 34.1 Å². The minimum atomic E-state index is -1.37. The number of nitrogens with zero attached hydrogens (tertiary/aromatic N) is 1.